The minimum Gasteiger partial charge on any atom is -0.493 e. The van der Waals surface area contributed by atoms with Crippen LogP contribution < -0.4 is 4.74 Å². The summed E-state index contributed by atoms with van der Waals surface area (Å²) in [6, 6.07) is 9.88. The Morgan fingerprint density at radius 1 is 1.10 bits per heavy atom. The van der Waals surface area contributed by atoms with Crippen LogP contribution in [0.3, 0.4) is 0 Å². The van der Waals surface area contributed by atoms with Gasteiger partial charge in [-0.05, 0) is 47.9 Å². The van der Waals surface area contributed by atoms with Crippen molar-refractivity contribution in [3.05, 3.63) is 62.6 Å². The van der Waals surface area contributed by atoms with Gasteiger partial charge in [-0.2, -0.15) is 0 Å². The lowest BCUT2D eigenvalue weighted by Crippen LogP contribution is -1.99. The van der Waals surface area contributed by atoms with Crippen LogP contribution >= 0.6 is 39.1 Å². The average Bonchev–Trinajstić information content (AvgIpc) is 2.85. The molecular formula is C16H13BrCl2O. The molecule has 0 N–H and O–H groups in total. The number of aryl methyl sites for hydroxylation is 1. The highest BCUT2D eigenvalue weighted by atomic mass is 79.9. The number of alkyl halides is 1. The summed E-state index contributed by atoms with van der Waals surface area (Å²) in [5.41, 5.74) is 4.58. The Labute approximate surface area is 137 Å². The maximum Gasteiger partial charge on any atom is 0.127 e. The third-order valence-corrected chi connectivity index (χ3v) is 4.99. The van der Waals surface area contributed by atoms with Gasteiger partial charge in [0.2, 0.25) is 0 Å². The van der Waals surface area contributed by atoms with Gasteiger partial charge in [-0.1, -0.05) is 45.2 Å². The summed E-state index contributed by atoms with van der Waals surface area (Å²) in [5.74, 6) is 0.964. The van der Waals surface area contributed by atoms with Gasteiger partial charge in [-0.3, -0.25) is 0 Å². The number of hydrogen-bond acceptors (Lipinski definition) is 1. The Kier molecular flexibility index (Phi) is 3.98. The second kappa shape index (κ2) is 5.59. The molecule has 1 atom stereocenters. The molecule has 104 valence electrons. The molecule has 20 heavy (non-hydrogen) atoms. The maximum absolute atomic E-state index is 6.23. The van der Waals surface area contributed by atoms with Crippen LogP contribution in [-0.2, 0) is 6.42 Å². The smallest absolute Gasteiger partial charge is 0.127 e. The molecule has 1 nitrogen and oxygen atoms in total. The van der Waals surface area contributed by atoms with Crippen LogP contribution in [0.5, 0.6) is 5.75 Å². The van der Waals surface area contributed by atoms with Crippen LogP contribution in [0.1, 0.15) is 27.1 Å². The normalized spacial score (nSPS) is 14.8. The molecule has 0 fully saturated rings. The zero-order chi connectivity index (χ0) is 14.3. The second-order valence-corrected chi connectivity index (χ2v) is 6.73. The minimum atomic E-state index is 0.0466. The van der Waals surface area contributed by atoms with Gasteiger partial charge in [0.05, 0.1) is 11.4 Å². The van der Waals surface area contributed by atoms with Crippen molar-refractivity contribution in [3.63, 3.8) is 0 Å². The first-order valence-corrected chi connectivity index (χ1v) is 8.08. The van der Waals surface area contributed by atoms with Crippen molar-refractivity contribution in [1.82, 2.24) is 0 Å². The molecule has 4 heteroatoms. The van der Waals surface area contributed by atoms with Crippen molar-refractivity contribution < 1.29 is 4.74 Å². The van der Waals surface area contributed by atoms with Gasteiger partial charge >= 0.3 is 0 Å². The van der Waals surface area contributed by atoms with E-state index >= 15 is 0 Å². The first-order chi connectivity index (χ1) is 9.56. The summed E-state index contributed by atoms with van der Waals surface area (Å²) in [4.78, 5) is 0.0466. The topological polar surface area (TPSA) is 9.23 Å². The minimum absolute atomic E-state index is 0.0466. The summed E-state index contributed by atoms with van der Waals surface area (Å²) < 4.78 is 5.78. The van der Waals surface area contributed by atoms with Crippen LogP contribution in [0.2, 0.25) is 10.0 Å². The van der Waals surface area contributed by atoms with E-state index in [0.717, 1.165) is 39.9 Å². The fourth-order valence-corrected chi connectivity index (χ4v) is 3.91. The number of fused-ring (bicyclic) bond motifs is 1. The molecule has 3 rings (SSSR count). The van der Waals surface area contributed by atoms with Crippen LogP contribution in [0.15, 0.2) is 30.3 Å². The van der Waals surface area contributed by atoms with Crippen LogP contribution in [0, 0.1) is 6.92 Å². The van der Waals surface area contributed by atoms with Gasteiger partial charge in [-0.15, -0.1) is 0 Å². The molecule has 1 unspecified atom stereocenters. The van der Waals surface area contributed by atoms with E-state index in [4.69, 9.17) is 27.9 Å². The lowest BCUT2D eigenvalue weighted by Gasteiger charge is -2.17. The summed E-state index contributed by atoms with van der Waals surface area (Å²) in [5, 5.41) is 1.50. The number of benzene rings is 2. The van der Waals surface area contributed by atoms with Crippen molar-refractivity contribution in [1.29, 1.82) is 0 Å². The van der Waals surface area contributed by atoms with Crippen LogP contribution in [0.25, 0.3) is 0 Å². The highest BCUT2D eigenvalue weighted by Gasteiger charge is 2.23. The van der Waals surface area contributed by atoms with Gasteiger partial charge in [0.15, 0.2) is 0 Å². The molecule has 0 spiro atoms. The molecule has 2 aromatic carbocycles. The Bertz CT molecular complexity index is 670. The van der Waals surface area contributed by atoms with Crippen molar-refractivity contribution >= 4 is 39.1 Å². The number of hydrogen-bond donors (Lipinski definition) is 0. The third-order valence-electron chi connectivity index (χ3n) is 3.56. The summed E-state index contributed by atoms with van der Waals surface area (Å²) in [6.45, 7) is 2.78. The summed E-state index contributed by atoms with van der Waals surface area (Å²) >= 11 is 16.0. The van der Waals surface area contributed by atoms with E-state index in [1.165, 1.54) is 11.1 Å². The lowest BCUT2D eigenvalue weighted by atomic mass is 9.98. The monoisotopic (exact) mass is 370 g/mol. The van der Waals surface area contributed by atoms with Crippen LogP contribution in [-0.4, -0.2) is 6.61 Å². The number of rotatable bonds is 2. The van der Waals surface area contributed by atoms with E-state index in [2.05, 4.69) is 22.9 Å². The van der Waals surface area contributed by atoms with Crippen LogP contribution in [0.4, 0.5) is 0 Å². The number of halogens is 3. The summed E-state index contributed by atoms with van der Waals surface area (Å²) in [6.07, 6.45) is 0.919. The molecule has 0 saturated carbocycles. The Hall–Kier alpha value is -0.700. The fourth-order valence-electron chi connectivity index (χ4n) is 2.58. The Balaban J connectivity index is 2.09. The molecule has 1 aliphatic heterocycles. The first kappa shape index (κ1) is 14.2. The largest absolute Gasteiger partial charge is 0.493 e. The molecule has 0 saturated heterocycles. The maximum atomic E-state index is 6.23. The van der Waals surface area contributed by atoms with Crippen molar-refractivity contribution in [3.8, 4) is 5.75 Å². The molecule has 0 bridgehead atoms. The zero-order valence-electron chi connectivity index (χ0n) is 10.9. The number of ether oxygens (including phenoxy) is 1. The van der Waals surface area contributed by atoms with Crippen molar-refractivity contribution in [2.24, 2.45) is 0 Å². The van der Waals surface area contributed by atoms with E-state index in [1.807, 2.05) is 30.3 Å². The van der Waals surface area contributed by atoms with Crippen molar-refractivity contribution in [2.45, 2.75) is 18.2 Å². The first-order valence-electron chi connectivity index (χ1n) is 6.41. The van der Waals surface area contributed by atoms with Gasteiger partial charge < -0.3 is 4.74 Å². The molecular weight excluding hydrogens is 359 g/mol. The molecule has 1 aliphatic rings. The van der Waals surface area contributed by atoms with E-state index in [1.54, 1.807) is 0 Å². The lowest BCUT2D eigenvalue weighted by molar-refractivity contribution is 0.354. The summed E-state index contributed by atoms with van der Waals surface area (Å²) in [7, 11) is 0. The molecule has 0 amide bonds. The second-order valence-electron chi connectivity index (χ2n) is 4.95. The van der Waals surface area contributed by atoms with Gasteiger partial charge in [-0.25, -0.2) is 0 Å². The Morgan fingerprint density at radius 3 is 2.65 bits per heavy atom. The fraction of sp³-hybridized carbons (Fsp3) is 0.250. The highest BCUT2D eigenvalue weighted by Crippen LogP contribution is 2.43. The van der Waals surface area contributed by atoms with E-state index in [-0.39, 0.29) is 4.83 Å². The molecule has 0 aromatic heterocycles. The standard InChI is InChI=1S/C16H13BrCl2O/c1-9-6-11(18)2-3-13(9)15(17)14-8-12(19)7-10-4-5-20-16(10)14/h2-3,6-8,15H,4-5H2,1H3. The third kappa shape index (κ3) is 2.57. The van der Waals surface area contributed by atoms with E-state index in [0.29, 0.717) is 0 Å². The highest BCUT2D eigenvalue weighted by molar-refractivity contribution is 9.09. The van der Waals surface area contributed by atoms with E-state index in [9.17, 15) is 0 Å². The average molecular weight is 372 g/mol. The van der Waals surface area contributed by atoms with Gasteiger partial charge in [0.25, 0.3) is 0 Å². The van der Waals surface area contributed by atoms with Gasteiger partial charge in [0, 0.05) is 22.0 Å². The molecule has 1 heterocycles. The van der Waals surface area contributed by atoms with Crippen molar-refractivity contribution in [2.75, 3.05) is 6.61 Å². The quantitative estimate of drug-likeness (QED) is 0.613. The molecule has 0 radical (unpaired) electrons. The van der Waals surface area contributed by atoms with E-state index < -0.39 is 0 Å². The predicted octanol–water partition coefficient (Wildman–Crippen LogP) is 5.72. The predicted molar refractivity (Wildman–Crippen MR) is 87.6 cm³/mol. The molecule has 2 aromatic rings. The van der Waals surface area contributed by atoms with Gasteiger partial charge in [0.1, 0.15) is 5.75 Å². The Morgan fingerprint density at radius 2 is 1.90 bits per heavy atom. The molecule has 0 aliphatic carbocycles. The zero-order valence-corrected chi connectivity index (χ0v) is 14.0. The SMILES string of the molecule is Cc1cc(Cl)ccc1C(Br)c1cc(Cl)cc2c1OCC2.